The van der Waals surface area contributed by atoms with Crippen molar-refractivity contribution in [3.8, 4) is 5.75 Å². The molecule has 1 saturated heterocycles. The SMILES string of the molecule is Cc1ccc(C(=O)N2CCCC(COc3ccc(F)cc3)C2)cn1. The molecular formula is C19H21FN2O2. The lowest BCUT2D eigenvalue weighted by Crippen LogP contribution is -2.41. The highest BCUT2D eigenvalue weighted by molar-refractivity contribution is 5.94. The number of aromatic nitrogens is 1. The molecule has 4 nitrogen and oxygen atoms in total. The molecule has 1 amide bonds. The number of benzene rings is 1. The summed E-state index contributed by atoms with van der Waals surface area (Å²) >= 11 is 0. The molecule has 2 aromatic rings. The Kier molecular flexibility index (Phi) is 5.08. The van der Waals surface area contributed by atoms with Gasteiger partial charge in [0, 0.05) is 30.9 Å². The maximum absolute atomic E-state index is 12.9. The average Bonchev–Trinajstić information content (AvgIpc) is 2.61. The standard InChI is InChI=1S/C19H21FN2O2/c1-14-4-5-16(11-21-14)19(23)22-10-2-3-15(12-22)13-24-18-8-6-17(20)7-9-18/h4-9,11,15H,2-3,10,12-13H2,1H3. The molecule has 5 heteroatoms. The lowest BCUT2D eigenvalue weighted by Gasteiger charge is -2.32. The zero-order valence-electron chi connectivity index (χ0n) is 13.7. The van der Waals surface area contributed by atoms with Crippen molar-refractivity contribution in [3.63, 3.8) is 0 Å². The van der Waals surface area contributed by atoms with E-state index in [2.05, 4.69) is 4.98 Å². The largest absolute Gasteiger partial charge is 0.493 e. The summed E-state index contributed by atoms with van der Waals surface area (Å²) in [6.45, 7) is 3.87. The van der Waals surface area contributed by atoms with Crippen molar-refractivity contribution in [2.24, 2.45) is 5.92 Å². The number of rotatable bonds is 4. The Morgan fingerprint density at radius 1 is 1.29 bits per heavy atom. The molecular weight excluding hydrogens is 307 g/mol. The lowest BCUT2D eigenvalue weighted by atomic mass is 9.98. The van der Waals surface area contributed by atoms with Gasteiger partial charge in [0.15, 0.2) is 0 Å². The Balaban J connectivity index is 1.56. The van der Waals surface area contributed by atoms with E-state index in [1.165, 1.54) is 12.1 Å². The van der Waals surface area contributed by atoms with Gasteiger partial charge in [-0.05, 0) is 56.2 Å². The number of ether oxygens (including phenoxy) is 1. The summed E-state index contributed by atoms with van der Waals surface area (Å²) < 4.78 is 18.6. The fraction of sp³-hybridized carbons (Fsp3) is 0.368. The van der Waals surface area contributed by atoms with Gasteiger partial charge in [0.1, 0.15) is 11.6 Å². The van der Waals surface area contributed by atoms with Crippen molar-refractivity contribution in [1.82, 2.24) is 9.88 Å². The van der Waals surface area contributed by atoms with E-state index in [4.69, 9.17) is 4.74 Å². The van der Waals surface area contributed by atoms with Gasteiger partial charge in [-0.15, -0.1) is 0 Å². The summed E-state index contributed by atoms with van der Waals surface area (Å²) in [6.07, 6.45) is 3.62. The summed E-state index contributed by atoms with van der Waals surface area (Å²) in [6, 6.07) is 9.69. The van der Waals surface area contributed by atoms with Gasteiger partial charge in [0.25, 0.3) is 5.91 Å². The highest BCUT2D eigenvalue weighted by atomic mass is 19.1. The zero-order valence-corrected chi connectivity index (χ0v) is 13.7. The van der Waals surface area contributed by atoms with Crippen LogP contribution in [0.5, 0.6) is 5.75 Å². The van der Waals surface area contributed by atoms with Crippen LogP contribution in [-0.4, -0.2) is 35.5 Å². The first-order valence-corrected chi connectivity index (χ1v) is 8.22. The highest BCUT2D eigenvalue weighted by Crippen LogP contribution is 2.20. The predicted molar refractivity (Wildman–Crippen MR) is 89.5 cm³/mol. The summed E-state index contributed by atoms with van der Waals surface area (Å²) in [4.78, 5) is 18.6. The second-order valence-corrected chi connectivity index (χ2v) is 6.21. The van der Waals surface area contributed by atoms with Crippen LogP contribution < -0.4 is 4.74 Å². The predicted octanol–water partition coefficient (Wildman–Crippen LogP) is 3.46. The van der Waals surface area contributed by atoms with Gasteiger partial charge >= 0.3 is 0 Å². The fourth-order valence-corrected chi connectivity index (χ4v) is 2.91. The lowest BCUT2D eigenvalue weighted by molar-refractivity contribution is 0.0633. The van der Waals surface area contributed by atoms with Gasteiger partial charge in [-0.2, -0.15) is 0 Å². The number of carbonyl (C=O) groups excluding carboxylic acids is 1. The molecule has 126 valence electrons. The Morgan fingerprint density at radius 3 is 2.79 bits per heavy atom. The number of piperidine rings is 1. The summed E-state index contributed by atoms with van der Waals surface area (Å²) in [5, 5.41) is 0. The second-order valence-electron chi connectivity index (χ2n) is 6.21. The molecule has 0 aliphatic carbocycles. The Bertz CT molecular complexity index is 686. The third kappa shape index (κ3) is 4.10. The first kappa shape index (κ1) is 16.4. The van der Waals surface area contributed by atoms with Crippen molar-refractivity contribution in [3.05, 3.63) is 59.7 Å². The van der Waals surface area contributed by atoms with Gasteiger partial charge in [0.2, 0.25) is 0 Å². The molecule has 1 atom stereocenters. The Morgan fingerprint density at radius 2 is 2.08 bits per heavy atom. The van der Waals surface area contributed by atoms with Gasteiger partial charge in [-0.1, -0.05) is 0 Å². The number of pyridine rings is 1. The number of amides is 1. The van der Waals surface area contributed by atoms with Gasteiger partial charge in [-0.3, -0.25) is 9.78 Å². The molecule has 1 unspecified atom stereocenters. The number of hydrogen-bond acceptors (Lipinski definition) is 3. The van der Waals surface area contributed by atoms with E-state index in [9.17, 15) is 9.18 Å². The van der Waals surface area contributed by atoms with E-state index >= 15 is 0 Å². The molecule has 0 saturated carbocycles. The minimum Gasteiger partial charge on any atom is -0.493 e. The third-order valence-corrected chi connectivity index (χ3v) is 4.26. The molecule has 1 aromatic carbocycles. The van der Waals surface area contributed by atoms with Crippen LogP contribution in [0, 0.1) is 18.7 Å². The first-order chi connectivity index (χ1) is 11.6. The number of aryl methyl sites for hydroxylation is 1. The third-order valence-electron chi connectivity index (χ3n) is 4.26. The van der Waals surface area contributed by atoms with E-state index in [0.29, 0.717) is 24.5 Å². The van der Waals surface area contributed by atoms with Crippen LogP contribution in [0.1, 0.15) is 28.9 Å². The molecule has 1 aliphatic rings. The minimum atomic E-state index is -0.275. The minimum absolute atomic E-state index is 0.0222. The number of halogens is 1. The van der Waals surface area contributed by atoms with Crippen LogP contribution in [0.25, 0.3) is 0 Å². The summed E-state index contributed by atoms with van der Waals surface area (Å²) in [7, 11) is 0. The summed E-state index contributed by atoms with van der Waals surface area (Å²) in [5.74, 6) is 0.686. The average molecular weight is 328 g/mol. The van der Waals surface area contributed by atoms with Crippen LogP contribution >= 0.6 is 0 Å². The molecule has 0 bridgehead atoms. The molecule has 1 aliphatic heterocycles. The van der Waals surface area contributed by atoms with Crippen LogP contribution in [0.15, 0.2) is 42.6 Å². The number of carbonyl (C=O) groups is 1. The second kappa shape index (κ2) is 7.43. The molecule has 0 radical (unpaired) electrons. The van der Waals surface area contributed by atoms with Crippen LogP contribution in [0.2, 0.25) is 0 Å². The van der Waals surface area contributed by atoms with E-state index < -0.39 is 0 Å². The molecule has 1 aromatic heterocycles. The first-order valence-electron chi connectivity index (χ1n) is 8.22. The monoisotopic (exact) mass is 328 g/mol. The Hall–Kier alpha value is -2.43. The summed E-state index contributed by atoms with van der Waals surface area (Å²) in [5.41, 5.74) is 1.52. The van der Waals surface area contributed by atoms with Crippen LogP contribution in [0.3, 0.4) is 0 Å². The topological polar surface area (TPSA) is 42.4 Å². The van der Waals surface area contributed by atoms with Gasteiger partial charge in [-0.25, -0.2) is 4.39 Å². The highest BCUT2D eigenvalue weighted by Gasteiger charge is 2.25. The van der Waals surface area contributed by atoms with E-state index in [-0.39, 0.29) is 17.6 Å². The molecule has 1 fully saturated rings. The van der Waals surface area contributed by atoms with Crippen LogP contribution in [-0.2, 0) is 0 Å². The number of nitrogens with zero attached hydrogens (tertiary/aromatic N) is 2. The number of likely N-dealkylation sites (tertiary alicyclic amines) is 1. The molecule has 0 N–H and O–H groups in total. The molecule has 24 heavy (non-hydrogen) atoms. The quantitative estimate of drug-likeness (QED) is 0.863. The van der Waals surface area contributed by atoms with Crippen molar-refractivity contribution in [2.45, 2.75) is 19.8 Å². The normalized spacial score (nSPS) is 17.6. The van der Waals surface area contributed by atoms with Gasteiger partial charge in [0.05, 0.1) is 12.2 Å². The van der Waals surface area contributed by atoms with Crippen molar-refractivity contribution < 1.29 is 13.9 Å². The van der Waals surface area contributed by atoms with Crippen molar-refractivity contribution in [2.75, 3.05) is 19.7 Å². The molecule has 0 spiro atoms. The fourth-order valence-electron chi connectivity index (χ4n) is 2.91. The van der Waals surface area contributed by atoms with E-state index in [1.54, 1.807) is 18.3 Å². The van der Waals surface area contributed by atoms with E-state index in [0.717, 1.165) is 25.1 Å². The van der Waals surface area contributed by atoms with Crippen molar-refractivity contribution in [1.29, 1.82) is 0 Å². The zero-order chi connectivity index (χ0) is 16.9. The Labute approximate surface area is 141 Å². The van der Waals surface area contributed by atoms with E-state index in [1.807, 2.05) is 24.0 Å². The smallest absolute Gasteiger partial charge is 0.255 e. The van der Waals surface area contributed by atoms with Gasteiger partial charge < -0.3 is 9.64 Å². The van der Waals surface area contributed by atoms with Crippen molar-refractivity contribution >= 4 is 5.91 Å². The molecule has 3 rings (SSSR count). The van der Waals surface area contributed by atoms with Crippen LogP contribution in [0.4, 0.5) is 4.39 Å². The molecule has 2 heterocycles. The maximum Gasteiger partial charge on any atom is 0.255 e. The maximum atomic E-state index is 12.9. The number of hydrogen-bond donors (Lipinski definition) is 0.